The van der Waals surface area contributed by atoms with Crippen molar-refractivity contribution in [3.8, 4) is 0 Å². The number of thioether (sulfide) groups is 3. The fourth-order valence-electron chi connectivity index (χ4n) is 0.686. The molecule has 12 heavy (non-hydrogen) atoms. The van der Waals surface area contributed by atoms with E-state index >= 15 is 0 Å². The fourth-order valence-corrected chi connectivity index (χ4v) is 3.47. The van der Waals surface area contributed by atoms with E-state index in [0.717, 1.165) is 5.75 Å². The van der Waals surface area contributed by atoms with Crippen LogP contribution in [0.4, 0.5) is 0 Å². The van der Waals surface area contributed by atoms with Crippen LogP contribution in [0.25, 0.3) is 0 Å². The molecule has 0 spiro atoms. The molecule has 0 heterocycles. The van der Waals surface area contributed by atoms with Gasteiger partial charge in [0.2, 0.25) is 0 Å². The number of rotatable bonds is 9. The van der Waals surface area contributed by atoms with Gasteiger partial charge in [0.25, 0.3) is 0 Å². The summed E-state index contributed by atoms with van der Waals surface area (Å²) in [5.74, 6) is 7.56. The average Bonchev–Trinajstić information content (AvgIpc) is 2.10. The van der Waals surface area contributed by atoms with E-state index in [1.54, 1.807) is 0 Å². The summed E-state index contributed by atoms with van der Waals surface area (Å²) in [4.78, 5) is 0. The number of hydrogen-bond acceptors (Lipinski definition) is 3. The molecule has 0 aliphatic carbocycles. The Morgan fingerprint density at radius 1 is 0.833 bits per heavy atom. The molecular weight excluding hydrogens is 204 g/mol. The van der Waals surface area contributed by atoms with Crippen molar-refractivity contribution in [3.63, 3.8) is 0 Å². The first kappa shape index (κ1) is 13.1. The average molecular weight is 223 g/mol. The summed E-state index contributed by atoms with van der Waals surface area (Å²) in [5, 5.41) is 0. The van der Waals surface area contributed by atoms with Gasteiger partial charge in [-0.1, -0.05) is 6.92 Å². The predicted octanol–water partition coefficient (Wildman–Crippen LogP) is 3.43. The molecule has 0 fully saturated rings. The van der Waals surface area contributed by atoms with Gasteiger partial charge in [-0.05, 0) is 24.9 Å². The minimum atomic E-state index is 1.02. The van der Waals surface area contributed by atoms with Crippen LogP contribution in [0.1, 0.15) is 13.3 Å². The second-order valence-corrected chi connectivity index (χ2v) is 6.01. The maximum absolute atomic E-state index is 3.79. The van der Waals surface area contributed by atoms with Crippen LogP contribution in [0.5, 0.6) is 0 Å². The molecule has 0 amide bonds. The maximum Gasteiger partial charge on any atom is 0.00238 e. The van der Waals surface area contributed by atoms with Crippen molar-refractivity contribution >= 4 is 35.3 Å². The Kier molecular flexibility index (Phi) is 13.1. The molecule has 0 aromatic carbocycles. The van der Waals surface area contributed by atoms with Gasteiger partial charge >= 0.3 is 0 Å². The van der Waals surface area contributed by atoms with Gasteiger partial charge in [-0.15, -0.1) is 0 Å². The van der Waals surface area contributed by atoms with Crippen LogP contribution in [0.15, 0.2) is 0 Å². The second kappa shape index (κ2) is 12.0. The van der Waals surface area contributed by atoms with Crippen LogP contribution in [0, 0.1) is 6.92 Å². The molecule has 1 radical (unpaired) electrons. The Balaban J connectivity index is 2.73. The first-order chi connectivity index (χ1) is 5.91. The van der Waals surface area contributed by atoms with Crippen molar-refractivity contribution in [2.45, 2.75) is 13.3 Å². The molecule has 0 aliphatic heterocycles. The molecule has 0 saturated carbocycles. The van der Waals surface area contributed by atoms with Gasteiger partial charge in [0.1, 0.15) is 0 Å². The standard InChI is InChI=1S/C9H19S3/c1-3-5-11-8-9-12-7-6-10-4-2/h2-9H2,1H3. The normalized spacial score (nSPS) is 10.5. The Morgan fingerprint density at radius 2 is 1.33 bits per heavy atom. The van der Waals surface area contributed by atoms with Crippen molar-refractivity contribution < 1.29 is 0 Å². The zero-order valence-corrected chi connectivity index (χ0v) is 10.3. The van der Waals surface area contributed by atoms with E-state index in [-0.39, 0.29) is 0 Å². The highest BCUT2D eigenvalue weighted by molar-refractivity contribution is 8.04. The van der Waals surface area contributed by atoms with Crippen LogP contribution in [0.3, 0.4) is 0 Å². The van der Waals surface area contributed by atoms with E-state index in [9.17, 15) is 0 Å². The lowest BCUT2D eigenvalue weighted by atomic mass is 10.6. The molecule has 0 aliphatic rings. The van der Waals surface area contributed by atoms with Gasteiger partial charge in [-0.25, -0.2) is 0 Å². The van der Waals surface area contributed by atoms with Gasteiger partial charge in [0.15, 0.2) is 0 Å². The van der Waals surface area contributed by atoms with E-state index in [0.29, 0.717) is 0 Å². The summed E-state index contributed by atoms with van der Waals surface area (Å²) in [6.07, 6.45) is 1.31. The molecule has 0 rings (SSSR count). The zero-order chi connectivity index (χ0) is 9.07. The molecule has 0 N–H and O–H groups in total. The highest BCUT2D eigenvalue weighted by Crippen LogP contribution is 2.10. The van der Waals surface area contributed by atoms with Crippen molar-refractivity contribution in [2.24, 2.45) is 0 Å². The predicted molar refractivity (Wildman–Crippen MR) is 67.6 cm³/mol. The lowest BCUT2D eigenvalue weighted by Crippen LogP contribution is -1.90. The van der Waals surface area contributed by atoms with Crippen molar-refractivity contribution in [3.05, 3.63) is 6.92 Å². The summed E-state index contributed by atoms with van der Waals surface area (Å²) in [6, 6.07) is 0. The van der Waals surface area contributed by atoms with Gasteiger partial charge < -0.3 is 0 Å². The fraction of sp³-hybridized carbons (Fsp3) is 0.889. The molecule has 0 unspecified atom stereocenters. The van der Waals surface area contributed by atoms with Crippen LogP contribution in [-0.4, -0.2) is 34.5 Å². The summed E-state index contributed by atoms with van der Waals surface area (Å²) in [5.41, 5.74) is 0. The molecular formula is C9H19S3. The van der Waals surface area contributed by atoms with E-state index in [4.69, 9.17) is 0 Å². The van der Waals surface area contributed by atoms with E-state index < -0.39 is 0 Å². The van der Waals surface area contributed by atoms with Gasteiger partial charge in [-0.3, -0.25) is 0 Å². The smallest absolute Gasteiger partial charge is 0.00238 e. The largest absolute Gasteiger partial charge is 0.161 e. The summed E-state index contributed by atoms with van der Waals surface area (Å²) < 4.78 is 0. The van der Waals surface area contributed by atoms with Crippen LogP contribution in [0.2, 0.25) is 0 Å². The third kappa shape index (κ3) is 11.1. The van der Waals surface area contributed by atoms with Crippen LogP contribution < -0.4 is 0 Å². The monoisotopic (exact) mass is 223 g/mol. The Labute approximate surface area is 90.0 Å². The Hall–Kier alpha value is 1.05. The third-order valence-electron chi connectivity index (χ3n) is 1.24. The molecule has 0 aromatic heterocycles. The van der Waals surface area contributed by atoms with E-state index in [1.165, 1.54) is 35.2 Å². The van der Waals surface area contributed by atoms with Crippen molar-refractivity contribution in [1.29, 1.82) is 0 Å². The summed E-state index contributed by atoms with van der Waals surface area (Å²) in [7, 11) is 0. The Bertz CT molecular complexity index is 66.2. The number of hydrogen-bond donors (Lipinski definition) is 0. The first-order valence-electron chi connectivity index (χ1n) is 4.44. The third-order valence-corrected chi connectivity index (χ3v) is 4.71. The lowest BCUT2D eigenvalue weighted by Gasteiger charge is -2.00. The molecule has 0 atom stereocenters. The molecule has 0 bridgehead atoms. The second-order valence-electron chi connectivity index (χ2n) is 2.34. The molecule has 0 saturated heterocycles. The SMILES string of the molecule is [CH2]CSCCSCCSCCC. The quantitative estimate of drug-likeness (QED) is 0.550. The van der Waals surface area contributed by atoms with Crippen molar-refractivity contribution in [2.75, 3.05) is 34.5 Å². The van der Waals surface area contributed by atoms with Gasteiger partial charge in [-0.2, -0.15) is 35.3 Å². The molecule has 3 heteroatoms. The zero-order valence-electron chi connectivity index (χ0n) is 7.88. The molecule has 0 aromatic rings. The minimum Gasteiger partial charge on any atom is -0.161 e. The summed E-state index contributed by atoms with van der Waals surface area (Å²) >= 11 is 6.09. The molecule has 73 valence electrons. The topological polar surface area (TPSA) is 0 Å². The highest BCUT2D eigenvalue weighted by Gasteiger charge is 1.90. The van der Waals surface area contributed by atoms with E-state index in [2.05, 4.69) is 37.4 Å². The van der Waals surface area contributed by atoms with E-state index in [1.807, 2.05) is 11.8 Å². The van der Waals surface area contributed by atoms with Gasteiger partial charge in [0.05, 0.1) is 0 Å². The van der Waals surface area contributed by atoms with Crippen LogP contribution in [-0.2, 0) is 0 Å². The minimum absolute atomic E-state index is 1.02. The highest BCUT2D eigenvalue weighted by atomic mass is 32.2. The first-order valence-corrected chi connectivity index (χ1v) is 7.90. The van der Waals surface area contributed by atoms with Gasteiger partial charge in [0, 0.05) is 23.0 Å². The lowest BCUT2D eigenvalue weighted by molar-refractivity contribution is 1.11. The van der Waals surface area contributed by atoms with Crippen molar-refractivity contribution in [1.82, 2.24) is 0 Å². The summed E-state index contributed by atoms with van der Waals surface area (Å²) in [6.45, 7) is 6.03. The van der Waals surface area contributed by atoms with Crippen LogP contribution >= 0.6 is 35.3 Å². The Morgan fingerprint density at radius 3 is 1.83 bits per heavy atom. The maximum atomic E-state index is 3.79. The molecule has 0 nitrogen and oxygen atoms in total.